The molecule has 1 aromatic rings. The smallest absolute Gasteiger partial charge is 0.238 e. The molecule has 0 aromatic heterocycles. The molecule has 2 aliphatic heterocycles. The van der Waals surface area contributed by atoms with E-state index in [9.17, 15) is 4.79 Å². The molecule has 5 heteroatoms. The number of nitrogens with zero attached hydrogens (tertiary/aromatic N) is 3. The predicted molar refractivity (Wildman–Crippen MR) is 109 cm³/mol. The summed E-state index contributed by atoms with van der Waals surface area (Å²) in [5, 5.41) is 3.09. The third-order valence-corrected chi connectivity index (χ3v) is 5.78. The topological polar surface area (TPSA) is 38.8 Å². The number of carbonyl (C=O) groups excluding carboxylic acids is 1. The van der Waals surface area contributed by atoms with Crippen LogP contribution < -0.4 is 10.2 Å². The first-order chi connectivity index (χ1) is 12.5. The van der Waals surface area contributed by atoms with Crippen molar-refractivity contribution < 1.29 is 4.79 Å². The van der Waals surface area contributed by atoms with Gasteiger partial charge in [0.25, 0.3) is 0 Å². The number of benzene rings is 1. The number of hydrogen-bond donors (Lipinski definition) is 1. The van der Waals surface area contributed by atoms with Crippen molar-refractivity contribution in [1.82, 2.24) is 9.80 Å². The van der Waals surface area contributed by atoms with Crippen molar-refractivity contribution >= 4 is 17.3 Å². The van der Waals surface area contributed by atoms with Gasteiger partial charge in [0.05, 0.1) is 6.54 Å². The molecule has 0 aliphatic carbocycles. The molecule has 0 radical (unpaired) electrons. The second-order valence-electron chi connectivity index (χ2n) is 8.17. The molecule has 3 rings (SSSR count). The van der Waals surface area contributed by atoms with Crippen LogP contribution in [0.25, 0.3) is 0 Å². The van der Waals surface area contributed by atoms with E-state index in [0.29, 0.717) is 12.6 Å². The summed E-state index contributed by atoms with van der Waals surface area (Å²) in [4.78, 5) is 19.6. The standard InChI is InChI=1S/C21H34N4O/c1-17(2)24-11-13-25(14-12-24)20-6-4-5-19(15-20)22-21(26)16-23-9-7-18(3)8-10-23/h4-6,15,17-18H,7-14,16H2,1-3H3,(H,22,26). The highest BCUT2D eigenvalue weighted by Gasteiger charge is 2.20. The molecule has 2 aliphatic rings. The Kier molecular flexibility index (Phi) is 6.54. The van der Waals surface area contributed by atoms with E-state index in [1.807, 2.05) is 12.1 Å². The van der Waals surface area contributed by atoms with E-state index in [-0.39, 0.29) is 5.91 Å². The molecule has 1 amide bonds. The number of nitrogens with one attached hydrogen (secondary N) is 1. The van der Waals surface area contributed by atoms with Crippen molar-refractivity contribution in [3.8, 4) is 0 Å². The zero-order chi connectivity index (χ0) is 18.5. The number of piperazine rings is 1. The largest absolute Gasteiger partial charge is 0.369 e. The maximum absolute atomic E-state index is 12.4. The van der Waals surface area contributed by atoms with Gasteiger partial charge >= 0.3 is 0 Å². The maximum Gasteiger partial charge on any atom is 0.238 e. The van der Waals surface area contributed by atoms with E-state index in [0.717, 1.165) is 50.9 Å². The van der Waals surface area contributed by atoms with Crippen LogP contribution in [0.5, 0.6) is 0 Å². The van der Waals surface area contributed by atoms with Crippen LogP contribution in [0.15, 0.2) is 24.3 Å². The minimum absolute atomic E-state index is 0.0985. The van der Waals surface area contributed by atoms with Gasteiger partial charge in [-0.3, -0.25) is 14.6 Å². The molecule has 26 heavy (non-hydrogen) atoms. The molecule has 1 aromatic carbocycles. The first kappa shape index (κ1) is 19.2. The van der Waals surface area contributed by atoms with Gasteiger partial charge in [-0.25, -0.2) is 0 Å². The van der Waals surface area contributed by atoms with Gasteiger partial charge in [0.1, 0.15) is 0 Å². The number of amides is 1. The van der Waals surface area contributed by atoms with Gasteiger partial charge in [0.2, 0.25) is 5.91 Å². The van der Waals surface area contributed by atoms with Crippen molar-refractivity contribution in [2.24, 2.45) is 5.92 Å². The normalized spacial score (nSPS) is 20.5. The Balaban J connectivity index is 1.52. The Morgan fingerprint density at radius 2 is 1.81 bits per heavy atom. The number of carbonyl (C=O) groups is 1. The van der Waals surface area contributed by atoms with Crippen LogP contribution in [-0.4, -0.2) is 67.6 Å². The zero-order valence-electron chi connectivity index (χ0n) is 16.6. The van der Waals surface area contributed by atoms with Crippen molar-refractivity contribution in [1.29, 1.82) is 0 Å². The molecule has 0 spiro atoms. The summed E-state index contributed by atoms with van der Waals surface area (Å²) < 4.78 is 0. The minimum atomic E-state index is 0.0985. The molecule has 0 saturated carbocycles. The Hall–Kier alpha value is -1.59. The molecule has 5 nitrogen and oxygen atoms in total. The summed E-state index contributed by atoms with van der Waals surface area (Å²) in [5.74, 6) is 0.892. The molecule has 2 saturated heterocycles. The molecule has 0 unspecified atom stereocenters. The van der Waals surface area contributed by atoms with Crippen LogP contribution >= 0.6 is 0 Å². The number of hydrogen-bond acceptors (Lipinski definition) is 4. The fraction of sp³-hybridized carbons (Fsp3) is 0.667. The third-order valence-electron chi connectivity index (χ3n) is 5.78. The van der Waals surface area contributed by atoms with Crippen LogP contribution in [0, 0.1) is 5.92 Å². The van der Waals surface area contributed by atoms with Gasteiger partial charge in [-0.1, -0.05) is 13.0 Å². The highest BCUT2D eigenvalue weighted by Crippen LogP contribution is 2.22. The summed E-state index contributed by atoms with van der Waals surface area (Å²) in [6.45, 7) is 13.7. The van der Waals surface area contributed by atoms with Crippen molar-refractivity contribution in [2.75, 3.05) is 56.0 Å². The number of likely N-dealkylation sites (tertiary alicyclic amines) is 1. The Bertz CT molecular complexity index is 587. The van der Waals surface area contributed by atoms with Gasteiger partial charge in [-0.05, 0) is 63.9 Å². The second kappa shape index (κ2) is 8.87. The molecule has 0 bridgehead atoms. The lowest BCUT2D eigenvalue weighted by Crippen LogP contribution is -2.48. The lowest BCUT2D eigenvalue weighted by Gasteiger charge is -2.38. The third kappa shape index (κ3) is 5.21. The Morgan fingerprint density at radius 1 is 1.12 bits per heavy atom. The lowest BCUT2D eigenvalue weighted by molar-refractivity contribution is -0.117. The highest BCUT2D eigenvalue weighted by molar-refractivity contribution is 5.92. The van der Waals surface area contributed by atoms with Crippen LogP contribution in [0.2, 0.25) is 0 Å². The van der Waals surface area contributed by atoms with Gasteiger partial charge in [0.15, 0.2) is 0 Å². The average Bonchev–Trinajstić information content (AvgIpc) is 2.64. The lowest BCUT2D eigenvalue weighted by atomic mass is 9.99. The maximum atomic E-state index is 12.4. The fourth-order valence-electron chi connectivity index (χ4n) is 3.90. The second-order valence-corrected chi connectivity index (χ2v) is 8.17. The van der Waals surface area contributed by atoms with Crippen LogP contribution in [-0.2, 0) is 4.79 Å². The predicted octanol–water partition coefficient (Wildman–Crippen LogP) is 2.89. The molecule has 2 fully saturated rings. The van der Waals surface area contributed by atoms with Gasteiger partial charge in [-0.15, -0.1) is 0 Å². The SMILES string of the molecule is CC1CCN(CC(=O)Nc2cccc(N3CCN(C(C)C)CC3)c2)CC1. The van der Waals surface area contributed by atoms with Crippen LogP contribution in [0.3, 0.4) is 0 Å². The minimum Gasteiger partial charge on any atom is -0.369 e. The van der Waals surface area contributed by atoms with E-state index < -0.39 is 0 Å². The number of piperidine rings is 1. The molecular formula is C21H34N4O. The number of rotatable bonds is 5. The molecular weight excluding hydrogens is 324 g/mol. The van der Waals surface area contributed by atoms with E-state index in [4.69, 9.17) is 0 Å². The Morgan fingerprint density at radius 3 is 2.46 bits per heavy atom. The van der Waals surface area contributed by atoms with Crippen LogP contribution in [0.1, 0.15) is 33.6 Å². The summed E-state index contributed by atoms with van der Waals surface area (Å²) in [7, 11) is 0. The highest BCUT2D eigenvalue weighted by atomic mass is 16.2. The molecule has 144 valence electrons. The monoisotopic (exact) mass is 358 g/mol. The molecule has 1 N–H and O–H groups in total. The van der Waals surface area contributed by atoms with Gasteiger partial charge < -0.3 is 10.2 Å². The summed E-state index contributed by atoms with van der Waals surface area (Å²) in [5.41, 5.74) is 2.11. The van der Waals surface area contributed by atoms with Gasteiger partial charge in [-0.2, -0.15) is 0 Å². The molecule has 2 heterocycles. The van der Waals surface area contributed by atoms with E-state index in [2.05, 4.69) is 52.9 Å². The summed E-state index contributed by atoms with van der Waals surface area (Å²) in [6.07, 6.45) is 2.40. The van der Waals surface area contributed by atoms with Crippen molar-refractivity contribution in [3.63, 3.8) is 0 Å². The summed E-state index contributed by atoms with van der Waals surface area (Å²) >= 11 is 0. The van der Waals surface area contributed by atoms with Crippen molar-refractivity contribution in [2.45, 2.75) is 39.7 Å². The fourth-order valence-corrected chi connectivity index (χ4v) is 3.90. The van der Waals surface area contributed by atoms with Crippen molar-refractivity contribution in [3.05, 3.63) is 24.3 Å². The number of anilines is 2. The zero-order valence-corrected chi connectivity index (χ0v) is 16.6. The summed E-state index contributed by atoms with van der Waals surface area (Å²) in [6, 6.07) is 8.90. The van der Waals surface area contributed by atoms with E-state index in [1.165, 1.54) is 18.5 Å². The quantitative estimate of drug-likeness (QED) is 0.878. The Labute approximate surface area is 158 Å². The molecule has 0 atom stereocenters. The van der Waals surface area contributed by atoms with Crippen LogP contribution in [0.4, 0.5) is 11.4 Å². The first-order valence-electron chi connectivity index (χ1n) is 10.1. The van der Waals surface area contributed by atoms with Gasteiger partial charge in [0, 0.05) is 43.6 Å². The van der Waals surface area contributed by atoms with E-state index >= 15 is 0 Å². The van der Waals surface area contributed by atoms with E-state index in [1.54, 1.807) is 0 Å². The average molecular weight is 359 g/mol. The first-order valence-corrected chi connectivity index (χ1v) is 10.1.